The number of hydrogen-bond acceptors (Lipinski definition) is 2. The maximum atomic E-state index is 13.3. The molecule has 0 heterocycles. The predicted octanol–water partition coefficient (Wildman–Crippen LogP) is 2.26. The Bertz CT molecular complexity index is 348. The summed E-state index contributed by atoms with van der Waals surface area (Å²) < 4.78 is 13.3. The van der Waals surface area contributed by atoms with E-state index >= 15 is 0 Å². The van der Waals surface area contributed by atoms with Crippen molar-refractivity contribution in [1.29, 1.82) is 0 Å². The molecule has 1 aliphatic carbocycles. The summed E-state index contributed by atoms with van der Waals surface area (Å²) in [6, 6.07) is 7.42. The molecule has 94 valence electrons. The SMILES string of the molecule is OC1CCC(NCCc2ccccc2F)CC1. The van der Waals surface area contributed by atoms with Crippen LogP contribution in [0, 0.1) is 5.82 Å². The highest BCUT2D eigenvalue weighted by Gasteiger charge is 2.18. The molecule has 0 bridgehead atoms. The molecule has 1 aromatic carbocycles. The fraction of sp³-hybridized carbons (Fsp3) is 0.571. The number of nitrogens with one attached hydrogen (secondary N) is 1. The Morgan fingerprint density at radius 3 is 2.59 bits per heavy atom. The zero-order chi connectivity index (χ0) is 12.1. The summed E-state index contributed by atoms with van der Waals surface area (Å²) in [7, 11) is 0. The number of aliphatic hydroxyl groups excluding tert-OH is 1. The minimum absolute atomic E-state index is 0.111. The highest BCUT2D eigenvalue weighted by Crippen LogP contribution is 2.18. The summed E-state index contributed by atoms with van der Waals surface area (Å²) in [6.07, 6.45) is 4.44. The van der Waals surface area contributed by atoms with Crippen molar-refractivity contribution in [2.75, 3.05) is 6.54 Å². The molecule has 0 atom stereocenters. The Kier molecular flexibility index (Phi) is 4.51. The quantitative estimate of drug-likeness (QED) is 0.842. The van der Waals surface area contributed by atoms with Crippen LogP contribution in [-0.2, 0) is 6.42 Å². The third kappa shape index (κ3) is 3.79. The number of aliphatic hydroxyl groups is 1. The van der Waals surface area contributed by atoms with Crippen LogP contribution in [0.1, 0.15) is 31.2 Å². The van der Waals surface area contributed by atoms with E-state index in [2.05, 4.69) is 5.32 Å². The first-order valence-electron chi connectivity index (χ1n) is 6.40. The molecular weight excluding hydrogens is 217 g/mol. The molecule has 0 aliphatic heterocycles. The fourth-order valence-corrected chi connectivity index (χ4v) is 2.39. The van der Waals surface area contributed by atoms with Gasteiger partial charge in [0.15, 0.2) is 0 Å². The van der Waals surface area contributed by atoms with Crippen molar-refractivity contribution in [2.45, 2.75) is 44.2 Å². The third-order valence-electron chi connectivity index (χ3n) is 3.48. The molecular formula is C14H20FNO. The molecule has 0 saturated heterocycles. The van der Waals surface area contributed by atoms with Gasteiger partial charge in [0.05, 0.1) is 6.10 Å². The topological polar surface area (TPSA) is 32.3 Å². The molecule has 2 rings (SSSR count). The molecule has 17 heavy (non-hydrogen) atoms. The van der Waals surface area contributed by atoms with Crippen LogP contribution in [0.5, 0.6) is 0 Å². The number of hydrogen-bond donors (Lipinski definition) is 2. The molecule has 0 spiro atoms. The molecule has 0 amide bonds. The van der Waals surface area contributed by atoms with Crippen molar-refractivity contribution in [3.63, 3.8) is 0 Å². The largest absolute Gasteiger partial charge is 0.393 e. The van der Waals surface area contributed by atoms with E-state index in [-0.39, 0.29) is 11.9 Å². The van der Waals surface area contributed by atoms with Gasteiger partial charge in [-0.2, -0.15) is 0 Å². The monoisotopic (exact) mass is 237 g/mol. The Labute approximate surface area is 102 Å². The van der Waals surface area contributed by atoms with Crippen LogP contribution in [0.15, 0.2) is 24.3 Å². The van der Waals surface area contributed by atoms with Crippen molar-refractivity contribution in [2.24, 2.45) is 0 Å². The summed E-state index contributed by atoms with van der Waals surface area (Å²) in [4.78, 5) is 0. The number of rotatable bonds is 4. The van der Waals surface area contributed by atoms with Gasteiger partial charge in [0.1, 0.15) is 5.82 Å². The van der Waals surface area contributed by atoms with E-state index in [4.69, 9.17) is 0 Å². The van der Waals surface area contributed by atoms with Crippen molar-refractivity contribution in [3.05, 3.63) is 35.6 Å². The minimum Gasteiger partial charge on any atom is -0.393 e. The van der Waals surface area contributed by atoms with E-state index in [1.54, 1.807) is 6.07 Å². The van der Waals surface area contributed by atoms with Crippen LogP contribution in [-0.4, -0.2) is 23.8 Å². The number of benzene rings is 1. The van der Waals surface area contributed by atoms with Gasteiger partial charge in [-0.25, -0.2) is 4.39 Å². The zero-order valence-corrected chi connectivity index (χ0v) is 10.0. The fourth-order valence-electron chi connectivity index (χ4n) is 2.39. The first kappa shape index (κ1) is 12.5. The van der Waals surface area contributed by atoms with E-state index in [1.807, 2.05) is 12.1 Å². The molecule has 1 aromatic rings. The molecule has 0 unspecified atom stereocenters. The Balaban J connectivity index is 1.71. The first-order valence-corrected chi connectivity index (χ1v) is 6.40. The van der Waals surface area contributed by atoms with Gasteiger partial charge in [-0.05, 0) is 50.3 Å². The van der Waals surface area contributed by atoms with Crippen LogP contribution in [0.3, 0.4) is 0 Å². The van der Waals surface area contributed by atoms with E-state index in [0.29, 0.717) is 6.04 Å². The highest BCUT2D eigenvalue weighted by molar-refractivity contribution is 5.17. The molecule has 0 aromatic heterocycles. The maximum absolute atomic E-state index is 13.3. The van der Waals surface area contributed by atoms with Crippen LogP contribution >= 0.6 is 0 Å². The average molecular weight is 237 g/mol. The van der Waals surface area contributed by atoms with Crippen LogP contribution in [0.2, 0.25) is 0 Å². The molecule has 3 heteroatoms. The Hall–Kier alpha value is -0.930. The first-order chi connectivity index (χ1) is 8.25. The Morgan fingerprint density at radius 1 is 1.18 bits per heavy atom. The molecule has 0 radical (unpaired) electrons. The lowest BCUT2D eigenvalue weighted by atomic mass is 9.93. The number of halogens is 1. The van der Waals surface area contributed by atoms with Gasteiger partial charge in [0.25, 0.3) is 0 Å². The standard InChI is InChI=1S/C14H20FNO/c15-14-4-2-1-3-11(14)9-10-16-12-5-7-13(17)8-6-12/h1-4,12-13,16-17H,5-10H2. The smallest absolute Gasteiger partial charge is 0.126 e. The van der Waals surface area contributed by atoms with Gasteiger partial charge in [0, 0.05) is 6.04 Å². The second kappa shape index (κ2) is 6.12. The lowest BCUT2D eigenvalue weighted by Gasteiger charge is -2.26. The summed E-state index contributed by atoms with van der Waals surface area (Å²) in [5, 5.41) is 12.8. The van der Waals surface area contributed by atoms with Crippen LogP contribution in [0.4, 0.5) is 4.39 Å². The zero-order valence-electron chi connectivity index (χ0n) is 10.0. The third-order valence-corrected chi connectivity index (χ3v) is 3.48. The summed E-state index contributed by atoms with van der Waals surface area (Å²) in [6.45, 7) is 0.807. The summed E-state index contributed by atoms with van der Waals surface area (Å²) in [5.41, 5.74) is 0.774. The average Bonchev–Trinajstić information content (AvgIpc) is 2.34. The Morgan fingerprint density at radius 2 is 1.88 bits per heavy atom. The molecule has 2 nitrogen and oxygen atoms in total. The molecule has 2 N–H and O–H groups in total. The molecule has 1 saturated carbocycles. The van der Waals surface area contributed by atoms with E-state index in [9.17, 15) is 9.50 Å². The van der Waals surface area contributed by atoms with Gasteiger partial charge < -0.3 is 10.4 Å². The molecule has 1 aliphatic rings. The van der Waals surface area contributed by atoms with Crippen molar-refractivity contribution in [3.8, 4) is 0 Å². The van der Waals surface area contributed by atoms with Crippen LogP contribution in [0.25, 0.3) is 0 Å². The maximum Gasteiger partial charge on any atom is 0.126 e. The van der Waals surface area contributed by atoms with Gasteiger partial charge in [-0.1, -0.05) is 18.2 Å². The second-order valence-corrected chi connectivity index (χ2v) is 4.80. The van der Waals surface area contributed by atoms with Gasteiger partial charge >= 0.3 is 0 Å². The highest BCUT2D eigenvalue weighted by atomic mass is 19.1. The van der Waals surface area contributed by atoms with Gasteiger partial charge in [-0.15, -0.1) is 0 Å². The predicted molar refractivity (Wildman–Crippen MR) is 66.4 cm³/mol. The summed E-state index contributed by atoms with van der Waals surface area (Å²) >= 11 is 0. The second-order valence-electron chi connectivity index (χ2n) is 4.80. The van der Waals surface area contributed by atoms with E-state index in [0.717, 1.165) is 44.2 Å². The normalized spacial score (nSPS) is 24.8. The van der Waals surface area contributed by atoms with E-state index in [1.165, 1.54) is 6.07 Å². The lowest BCUT2D eigenvalue weighted by Crippen LogP contribution is -2.35. The van der Waals surface area contributed by atoms with Gasteiger partial charge in [0.2, 0.25) is 0 Å². The van der Waals surface area contributed by atoms with E-state index < -0.39 is 0 Å². The van der Waals surface area contributed by atoms with Crippen LogP contribution < -0.4 is 5.32 Å². The summed E-state index contributed by atoms with van der Waals surface area (Å²) in [5.74, 6) is -0.117. The lowest BCUT2D eigenvalue weighted by molar-refractivity contribution is 0.117. The van der Waals surface area contributed by atoms with Crippen molar-refractivity contribution in [1.82, 2.24) is 5.32 Å². The minimum atomic E-state index is -0.117. The van der Waals surface area contributed by atoms with Crippen molar-refractivity contribution >= 4 is 0 Å². The van der Waals surface area contributed by atoms with Crippen molar-refractivity contribution < 1.29 is 9.50 Å². The van der Waals surface area contributed by atoms with Gasteiger partial charge in [-0.3, -0.25) is 0 Å². The molecule has 1 fully saturated rings.